The van der Waals surface area contributed by atoms with Crippen LogP contribution in [0.1, 0.15) is 82.3 Å². The van der Waals surface area contributed by atoms with Crippen LogP contribution < -0.4 is 94.6 Å². The molecule has 0 fully saturated rings. The molecule has 31 nitrogen and oxygen atoms in total. The number of carbonyl (C=O) groups is 9. The standard InChI is InChI=1S/C54H83N21O10/c1-30(55)43(77)69-35(15-7-23-65-51(57)58)44(78)70-36(16-8-24-66-52(59)60)45(79)71-37(17-9-25-67-53(61)62)46(80)72-38(18-10-26-68-54(63)64)47(81)74-41(29-32-19-20-33-13-5-6-14-34(33)27-32)49(83)75-40(28-31-11-3-2-4-12-31)48(82)73-39(50(84)85)21-22-42(56)76/h2-6,11-14,19-20,27,30,35-41H,7-10,15-18,21-26,28-29,55H2,1H3,(H2,56,76)(H,69,77)(H,70,78)(H,71,79)(H,72,80)(H,73,82)(H,74,81)(H,75,83)(H,84,85)(H4,57,58,65)(H4,59,60,66)(H4,61,62,67)(H4,63,64,68)/t30-,35+,36+,37+,38+,39+,40+,41+/m1/s1. The van der Waals surface area contributed by atoms with Crippen LogP contribution in [-0.4, -0.2) is 157 Å². The Morgan fingerprint density at radius 1 is 0.400 bits per heavy atom. The summed E-state index contributed by atoms with van der Waals surface area (Å²) in [5, 5.41) is 30.1. The molecule has 0 radical (unpaired) electrons. The first kappa shape index (κ1) is 69.5. The Labute approximate surface area is 491 Å². The zero-order valence-electron chi connectivity index (χ0n) is 47.5. The number of amides is 8. The molecule has 31 heteroatoms. The van der Waals surface area contributed by atoms with E-state index < -0.39 is 102 Å². The number of nitrogens with one attached hydrogen (secondary N) is 7. The summed E-state index contributed by atoms with van der Waals surface area (Å²) in [7, 11) is 0. The number of hydrogen-bond acceptors (Lipinski definition) is 14. The fourth-order valence-corrected chi connectivity index (χ4v) is 8.44. The van der Waals surface area contributed by atoms with Gasteiger partial charge in [-0.3, -0.25) is 58.3 Å². The SMILES string of the molecule is C[C@@H](N)C(=O)N[C@@H](CCCN=C(N)N)C(=O)N[C@@H](CCCN=C(N)N)C(=O)N[C@@H](CCCN=C(N)N)C(=O)N[C@@H](CCCN=C(N)N)C(=O)N[C@@H](Cc1ccc2ccccc2c1)C(=O)N[C@@H](Cc1ccccc1)C(=O)N[C@@H](CCC(N)=O)C(=O)O. The van der Waals surface area contributed by atoms with Crippen molar-refractivity contribution in [3.63, 3.8) is 0 Å². The number of hydrogen-bond donors (Lipinski definition) is 18. The predicted molar refractivity (Wildman–Crippen MR) is 321 cm³/mol. The third-order valence-corrected chi connectivity index (χ3v) is 12.8. The van der Waals surface area contributed by atoms with Crippen molar-refractivity contribution < 1.29 is 48.3 Å². The van der Waals surface area contributed by atoms with E-state index in [1.54, 1.807) is 42.5 Å². The maximum Gasteiger partial charge on any atom is 0.326 e. The lowest BCUT2D eigenvalue weighted by molar-refractivity contribution is -0.142. The molecule has 8 amide bonds. The number of carboxylic acids is 1. The fraction of sp³-hybridized carbons (Fsp3) is 0.463. The highest BCUT2D eigenvalue weighted by Gasteiger charge is 2.35. The van der Waals surface area contributed by atoms with Gasteiger partial charge in [0.25, 0.3) is 0 Å². The van der Waals surface area contributed by atoms with Gasteiger partial charge in [-0.2, -0.15) is 0 Å². The van der Waals surface area contributed by atoms with Crippen LogP contribution in [0.4, 0.5) is 0 Å². The van der Waals surface area contributed by atoms with Gasteiger partial charge in [-0.25, -0.2) is 4.79 Å². The Morgan fingerprint density at radius 3 is 1.09 bits per heavy atom. The van der Waals surface area contributed by atoms with E-state index in [2.05, 4.69) is 57.2 Å². The maximum absolute atomic E-state index is 14.9. The third-order valence-electron chi connectivity index (χ3n) is 12.8. The van der Waals surface area contributed by atoms with E-state index in [4.69, 9.17) is 57.3 Å². The van der Waals surface area contributed by atoms with E-state index in [1.807, 2.05) is 30.3 Å². The van der Waals surface area contributed by atoms with E-state index >= 15 is 0 Å². The van der Waals surface area contributed by atoms with Crippen molar-refractivity contribution in [2.24, 2.45) is 77.3 Å². The molecule has 0 aliphatic carbocycles. The summed E-state index contributed by atoms with van der Waals surface area (Å²) >= 11 is 0. The Kier molecular flexibility index (Phi) is 29.9. The first-order valence-electron chi connectivity index (χ1n) is 27.5. The van der Waals surface area contributed by atoms with Crippen molar-refractivity contribution in [2.45, 2.75) is 132 Å². The summed E-state index contributed by atoms with van der Waals surface area (Å²) in [5.74, 6) is -9.20. The lowest BCUT2D eigenvalue weighted by Crippen LogP contribution is -2.60. The number of aliphatic imine (C=N–C) groups is 4. The third kappa shape index (κ3) is 27.2. The molecule has 3 aromatic carbocycles. The number of nitrogens with zero attached hydrogens (tertiary/aromatic N) is 4. The Bertz CT molecular complexity index is 2850. The van der Waals surface area contributed by atoms with Gasteiger partial charge in [0.15, 0.2) is 23.8 Å². The molecule has 0 aliphatic heterocycles. The van der Waals surface area contributed by atoms with Crippen LogP contribution in [0.15, 0.2) is 92.8 Å². The van der Waals surface area contributed by atoms with E-state index in [1.165, 1.54) is 6.92 Å². The number of nitrogens with two attached hydrogens (primary N) is 10. The summed E-state index contributed by atoms with van der Waals surface area (Å²) in [4.78, 5) is 139. The average molecular weight is 1190 g/mol. The first-order chi connectivity index (χ1) is 40.3. The zero-order chi connectivity index (χ0) is 63.0. The number of benzene rings is 3. The number of aliphatic carboxylic acids is 1. The van der Waals surface area contributed by atoms with Gasteiger partial charge in [0.05, 0.1) is 6.04 Å². The maximum atomic E-state index is 14.9. The average Bonchev–Trinajstić information content (AvgIpc) is 3.58. The molecule has 85 heavy (non-hydrogen) atoms. The van der Waals surface area contributed by atoms with Gasteiger partial charge in [-0.05, 0) is 86.6 Å². The number of rotatable bonds is 38. The second kappa shape index (κ2) is 36.6. The highest BCUT2D eigenvalue weighted by molar-refractivity contribution is 5.98. The second-order valence-electron chi connectivity index (χ2n) is 19.9. The Balaban J connectivity index is 2.11. The smallest absolute Gasteiger partial charge is 0.326 e. The van der Waals surface area contributed by atoms with Crippen molar-refractivity contribution in [2.75, 3.05) is 26.2 Å². The van der Waals surface area contributed by atoms with Crippen molar-refractivity contribution in [3.05, 3.63) is 83.9 Å². The Hall–Kier alpha value is -9.81. The van der Waals surface area contributed by atoms with Gasteiger partial charge in [-0.1, -0.05) is 72.8 Å². The van der Waals surface area contributed by atoms with Crippen LogP contribution in [0, 0.1) is 0 Å². The van der Waals surface area contributed by atoms with Gasteiger partial charge in [0.2, 0.25) is 47.3 Å². The van der Waals surface area contributed by atoms with Crippen molar-refractivity contribution in [1.82, 2.24) is 37.2 Å². The monoisotopic (exact) mass is 1190 g/mol. The van der Waals surface area contributed by atoms with Crippen molar-refractivity contribution in [1.29, 1.82) is 0 Å². The molecular formula is C54H83N21O10. The first-order valence-corrected chi connectivity index (χ1v) is 27.5. The molecule has 0 aliphatic rings. The summed E-state index contributed by atoms with van der Waals surface area (Å²) in [6, 6.07) is 10.1. The second-order valence-corrected chi connectivity index (χ2v) is 19.9. The van der Waals surface area contributed by atoms with Crippen molar-refractivity contribution in [3.8, 4) is 0 Å². The number of carbonyl (C=O) groups excluding carboxylic acids is 8. The molecule has 0 heterocycles. The molecule has 3 aromatic rings. The van der Waals surface area contributed by atoms with E-state index in [-0.39, 0.29) is 127 Å². The van der Waals surface area contributed by atoms with Crippen LogP contribution in [0.25, 0.3) is 10.8 Å². The minimum atomic E-state index is -1.57. The van der Waals surface area contributed by atoms with Crippen LogP contribution in [-0.2, 0) is 56.0 Å². The van der Waals surface area contributed by atoms with E-state index in [9.17, 15) is 48.3 Å². The van der Waals surface area contributed by atoms with Crippen LogP contribution in [0.2, 0.25) is 0 Å². The van der Waals surface area contributed by atoms with Gasteiger partial charge < -0.3 is 99.7 Å². The normalized spacial score (nSPS) is 13.6. The van der Waals surface area contributed by atoms with Gasteiger partial charge in [0, 0.05) is 45.4 Å². The minimum Gasteiger partial charge on any atom is -0.480 e. The summed E-state index contributed by atoms with van der Waals surface area (Å²) in [5.41, 5.74) is 56.6. The molecule has 28 N–H and O–H groups in total. The molecule has 0 spiro atoms. The number of carboxylic acid groups (broad SMARTS) is 1. The van der Waals surface area contributed by atoms with E-state index in [0.717, 1.165) is 10.8 Å². The molecule has 0 unspecified atom stereocenters. The lowest BCUT2D eigenvalue weighted by atomic mass is 9.99. The predicted octanol–water partition coefficient (Wildman–Crippen LogP) is -5.07. The number of primary amides is 1. The molecule has 0 saturated carbocycles. The minimum absolute atomic E-state index is 0.00709. The van der Waals surface area contributed by atoms with Crippen LogP contribution in [0.5, 0.6) is 0 Å². The molecule has 3 rings (SSSR count). The van der Waals surface area contributed by atoms with Gasteiger partial charge >= 0.3 is 5.97 Å². The highest BCUT2D eigenvalue weighted by Crippen LogP contribution is 2.18. The summed E-state index contributed by atoms with van der Waals surface area (Å²) in [6.45, 7) is 1.50. The van der Waals surface area contributed by atoms with Gasteiger partial charge in [-0.15, -0.1) is 0 Å². The van der Waals surface area contributed by atoms with E-state index in [0.29, 0.717) is 11.1 Å². The molecule has 0 aromatic heterocycles. The van der Waals surface area contributed by atoms with Crippen LogP contribution >= 0.6 is 0 Å². The van der Waals surface area contributed by atoms with Crippen molar-refractivity contribution >= 4 is 87.8 Å². The highest BCUT2D eigenvalue weighted by atomic mass is 16.4. The fourth-order valence-electron chi connectivity index (χ4n) is 8.44. The largest absolute Gasteiger partial charge is 0.480 e. The number of fused-ring (bicyclic) bond motifs is 1. The summed E-state index contributed by atoms with van der Waals surface area (Å²) in [6.07, 6.45) is -0.938. The zero-order valence-corrected chi connectivity index (χ0v) is 47.5. The Morgan fingerprint density at radius 2 is 0.729 bits per heavy atom. The summed E-state index contributed by atoms with van der Waals surface area (Å²) < 4.78 is 0. The number of guanidine groups is 4. The molecule has 0 bridgehead atoms. The van der Waals surface area contributed by atoms with Gasteiger partial charge in [0.1, 0.15) is 42.3 Å². The molecule has 464 valence electrons. The molecular weight excluding hydrogens is 1100 g/mol. The lowest BCUT2D eigenvalue weighted by Gasteiger charge is -2.28. The van der Waals surface area contributed by atoms with Crippen LogP contribution in [0.3, 0.4) is 0 Å². The topological polar surface area (TPSA) is 568 Å². The quantitative estimate of drug-likeness (QED) is 0.0145. The molecule has 8 atom stereocenters. The molecule has 0 saturated heterocycles.